The normalized spacial score (nSPS) is 20.1. The van der Waals surface area contributed by atoms with Gasteiger partial charge in [0.25, 0.3) is 0 Å². The first-order valence-electron chi connectivity index (χ1n) is 6.60. The average Bonchev–Trinajstić information content (AvgIpc) is 2.70. The zero-order chi connectivity index (χ0) is 16.2. The Hall–Kier alpha value is -1.72. The molecule has 1 aromatic rings. The minimum absolute atomic E-state index is 0.000907. The molecule has 0 amide bonds. The number of hydrogen-bond donors (Lipinski definition) is 2. The van der Waals surface area contributed by atoms with Crippen LogP contribution < -0.4 is 5.32 Å². The summed E-state index contributed by atoms with van der Waals surface area (Å²) in [6.45, 7) is 8.25. The number of carboxylic acids is 1. The fourth-order valence-corrected chi connectivity index (χ4v) is 2.78. The van der Waals surface area contributed by atoms with Crippen LogP contribution in [0.1, 0.15) is 43.6 Å². The van der Waals surface area contributed by atoms with Gasteiger partial charge >= 0.3 is 12.1 Å². The zero-order valence-electron chi connectivity index (χ0n) is 12.3. The Morgan fingerprint density at radius 1 is 1.19 bits per heavy atom. The van der Waals surface area contributed by atoms with Gasteiger partial charge < -0.3 is 10.4 Å². The van der Waals surface area contributed by atoms with E-state index in [0.717, 1.165) is 12.1 Å². The Bertz CT molecular complexity index is 577. The number of benzene rings is 1. The summed E-state index contributed by atoms with van der Waals surface area (Å²) < 4.78 is 38.3. The molecule has 21 heavy (non-hydrogen) atoms. The molecule has 0 atom stereocenters. The smallest absolute Gasteiger partial charge is 0.417 e. The van der Waals surface area contributed by atoms with Gasteiger partial charge in [0.15, 0.2) is 0 Å². The average molecular weight is 301 g/mol. The number of anilines is 1. The first-order valence-corrected chi connectivity index (χ1v) is 6.60. The van der Waals surface area contributed by atoms with Crippen molar-refractivity contribution in [3.8, 4) is 0 Å². The summed E-state index contributed by atoms with van der Waals surface area (Å²) in [5.41, 5.74) is -1.47. The van der Waals surface area contributed by atoms with E-state index in [2.05, 4.69) is 33.0 Å². The second-order valence-electron chi connectivity index (χ2n) is 6.58. The largest absolute Gasteiger partial charge is 0.478 e. The van der Waals surface area contributed by atoms with E-state index in [0.29, 0.717) is 5.69 Å². The van der Waals surface area contributed by atoms with Gasteiger partial charge in [-0.1, -0.05) is 27.7 Å². The molecule has 0 radical (unpaired) electrons. The topological polar surface area (TPSA) is 49.3 Å². The molecule has 116 valence electrons. The van der Waals surface area contributed by atoms with Crippen LogP contribution in [0.4, 0.5) is 18.9 Å². The van der Waals surface area contributed by atoms with Crippen molar-refractivity contribution in [3.63, 3.8) is 0 Å². The van der Waals surface area contributed by atoms with Gasteiger partial charge in [-0.2, -0.15) is 13.2 Å². The van der Waals surface area contributed by atoms with Gasteiger partial charge in [0.2, 0.25) is 0 Å². The third kappa shape index (κ3) is 2.47. The van der Waals surface area contributed by atoms with Crippen LogP contribution in [0.5, 0.6) is 0 Å². The number of alkyl halides is 3. The third-order valence-corrected chi connectivity index (χ3v) is 4.89. The molecule has 1 aromatic carbocycles. The summed E-state index contributed by atoms with van der Waals surface area (Å²) >= 11 is 0. The zero-order valence-corrected chi connectivity index (χ0v) is 12.3. The monoisotopic (exact) mass is 301 g/mol. The molecule has 0 aromatic heterocycles. The van der Waals surface area contributed by atoms with Crippen molar-refractivity contribution in [1.82, 2.24) is 0 Å². The molecule has 0 bridgehead atoms. The van der Waals surface area contributed by atoms with Crippen molar-refractivity contribution in [3.05, 3.63) is 29.3 Å². The molecule has 0 saturated heterocycles. The number of rotatable bonds is 3. The Balaban J connectivity index is 2.33. The molecule has 2 rings (SSSR count). The van der Waals surface area contributed by atoms with Gasteiger partial charge in [-0.15, -0.1) is 0 Å². The highest BCUT2D eigenvalue weighted by atomic mass is 19.4. The lowest BCUT2D eigenvalue weighted by Gasteiger charge is -2.14. The molecule has 0 unspecified atom stereocenters. The molecule has 0 heterocycles. The summed E-state index contributed by atoms with van der Waals surface area (Å²) in [5, 5.41) is 12.1. The fourth-order valence-electron chi connectivity index (χ4n) is 2.78. The van der Waals surface area contributed by atoms with Gasteiger partial charge in [-0.05, 0) is 29.0 Å². The van der Waals surface area contributed by atoms with Crippen LogP contribution in [-0.2, 0) is 6.18 Å². The number of nitrogens with one attached hydrogen (secondary N) is 1. The van der Waals surface area contributed by atoms with Gasteiger partial charge in [0, 0.05) is 11.7 Å². The summed E-state index contributed by atoms with van der Waals surface area (Å²) in [4.78, 5) is 11.0. The molecule has 1 aliphatic carbocycles. The molecule has 2 N–H and O–H groups in total. The Morgan fingerprint density at radius 2 is 1.71 bits per heavy atom. The Labute approximate surface area is 121 Å². The quantitative estimate of drug-likeness (QED) is 0.877. The molecular formula is C15H18F3NO2. The molecule has 1 aliphatic rings. The summed E-state index contributed by atoms with van der Waals surface area (Å²) in [7, 11) is 0. The molecule has 1 saturated carbocycles. The lowest BCUT2D eigenvalue weighted by molar-refractivity contribution is -0.138. The van der Waals surface area contributed by atoms with Crippen LogP contribution in [-0.4, -0.2) is 17.1 Å². The predicted octanol–water partition coefficient (Wildman–Crippen LogP) is 4.25. The van der Waals surface area contributed by atoms with E-state index >= 15 is 0 Å². The minimum Gasteiger partial charge on any atom is -0.478 e. The van der Waals surface area contributed by atoms with Gasteiger partial charge in [0.1, 0.15) is 0 Å². The van der Waals surface area contributed by atoms with Gasteiger partial charge in [0.05, 0.1) is 11.1 Å². The SMILES string of the molecule is CC1(C)C(Nc2ccc(C(F)(F)F)c(C(=O)O)c2)C1(C)C. The molecule has 1 fully saturated rings. The van der Waals surface area contributed by atoms with E-state index in [9.17, 15) is 18.0 Å². The standard InChI is InChI=1S/C15H18F3NO2/c1-13(2)12(14(13,3)4)19-8-5-6-10(15(16,17)18)9(7-8)11(20)21/h5-7,12,19H,1-4H3,(H,20,21). The summed E-state index contributed by atoms with van der Waals surface area (Å²) in [6.07, 6.45) is -4.68. The Morgan fingerprint density at radius 3 is 2.10 bits per heavy atom. The molecule has 6 heteroatoms. The molecule has 3 nitrogen and oxygen atoms in total. The number of carbonyl (C=O) groups is 1. The fraction of sp³-hybridized carbons (Fsp3) is 0.533. The lowest BCUT2D eigenvalue weighted by atomic mass is 10.0. The van der Waals surface area contributed by atoms with Crippen molar-refractivity contribution in [1.29, 1.82) is 0 Å². The van der Waals surface area contributed by atoms with Crippen LogP contribution in [0.3, 0.4) is 0 Å². The maximum Gasteiger partial charge on any atom is 0.417 e. The van der Waals surface area contributed by atoms with E-state index in [1.165, 1.54) is 6.07 Å². The third-order valence-electron chi connectivity index (χ3n) is 4.89. The first-order chi connectivity index (χ1) is 9.39. The summed E-state index contributed by atoms with van der Waals surface area (Å²) in [5.74, 6) is -1.58. The van der Waals surface area contributed by atoms with Crippen molar-refractivity contribution in [2.75, 3.05) is 5.32 Å². The summed E-state index contributed by atoms with van der Waals surface area (Å²) in [6, 6.07) is 3.23. The maximum absolute atomic E-state index is 12.8. The van der Waals surface area contributed by atoms with Crippen molar-refractivity contribution >= 4 is 11.7 Å². The van der Waals surface area contributed by atoms with Crippen molar-refractivity contribution in [2.45, 2.75) is 39.9 Å². The highest BCUT2D eigenvalue weighted by molar-refractivity contribution is 5.91. The second kappa shape index (κ2) is 4.39. The van der Waals surface area contributed by atoms with Crippen LogP contribution in [0.25, 0.3) is 0 Å². The number of halogens is 3. The lowest BCUT2D eigenvalue weighted by Crippen LogP contribution is -2.15. The van der Waals surface area contributed by atoms with Crippen LogP contribution in [0.2, 0.25) is 0 Å². The van der Waals surface area contributed by atoms with Crippen molar-refractivity contribution in [2.24, 2.45) is 10.8 Å². The minimum atomic E-state index is -4.68. The highest BCUT2D eigenvalue weighted by Crippen LogP contribution is 2.63. The number of carboxylic acid groups (broad SMARTS) is 1. The van der Waals surface area contributed by atoms with E-state index in [-0.39, 0.29) is 16.9 Å². The first kappa shape index (κ1) is 15.7. The molecule has 0 aliphatic heterocycles. The number of hydrogen-bond acceptors (Lipinski definition) is 2. The van der Waals surface area contributed by atoms with E-state index in [1.807, 2.05) is 0 Å². The molecular weight excluding hydrogens is 283 g/mol. The van der Waals surface area contributed by atoms with E-state index in [1.54, 1.807) is 0 Å². The number of aromatic carboxylic acids is 1. The van der Waals surface area contributed by atoms with Gasteiger partial charge in [-0.25, -0.2) is 4.79 Å². The van der Waals surface area contributed by atoms with Crippen LogP contribution in [0, 0.1) is 10.8 Å². The van der Waals surface area contributed by atoms with Gasteiger partial charge in [-0.3, -0.25) is 0 Å². The maximum atomic E-state index is 12.8. The van der Waals surface area contributed by atoms with E-state index in [4.69, 9.17) is 5.11 Å². The van der Waals surface area contributed by atoms with Crippen LogP contribution in [0.15, 0.2) is 18.2 Å². The highest BCUT2D eigenvalue weighted by Gasteiger charge is 2.64. The van der Waals surface area contributed by atoms with Crippen LogP contribution >= 0.6 is 0 Å². The predicted molar refractivity (Wildman–Crippen MR) is 73.4 cm³/mol. The molecule has 0 spiro atoms. The Kier molecular flexibility index (Phi) is 3.27. The van der Waals surface area contributed by atoms with Crippen molar-refractivity contribution < 1.29 is 23.1 Å². The van der Waals surface area contributed by atoms with E-state index < -0.39 is 23.3 Å². The second-order valence-corrected chi connectivity index (χ2v) is 6.58.